The van der Waals surface area contributed by atoms with E-state index in [1.165, 1.54) is 11.1 Å². The maximum Gasteiger partial charge on any atom is 0.0889 e. The minimum Gasteiger partial charge on any atom is -0.253 e. The molecule has 0 aliphatic heterocycles. The summed E-state index contributed by atoms with van der Waals surface area (Å²) in [7, 11) is 0. The highest BCUT2D eigenvalue weighted by Crippen LogP contribution is 2.28. The lowest BCUT2D eigenvalue weighted by molar-refractivity contribution is 0.792. The Morgan fingerprint density at radius 2 is 1.12 bits per heavy atom. The van der Waals surface area contributed by atoms with Gasteiger partial charge in [0.05, 0.1) is 11.0 Å². The molecule has 84 valence electrons. The minimum absolute atomic E-state index is 0.531. The van der Waals surface area contributed by atoms with Gasteiger partial charge in [-0.3, -0.25) is 9.97 Å². The fourth-order valence-corrected chi connectivity index (χ4v) is 2.04. The second-order valence-electron chi connectivity index (χ2n) is 4.84. The van der Waals surface area contributed by atoms with Crippen LogP contribution in [0.2, 0.25) is 0 Å². The molecule has 0 aliphatic rings. The van der Waals surface area contributed by atoms with E-state index in [1.807, 2.05) is 0 Å². The Morgan fingerprint density at radius 3 is 1.44 bits per heavy atom. The molecule has 0 radical (unpaired) electrons. The van der Waals surface area contributed by atoms with E-state index in [4.69, 9.17) is 0 Å². The highest BCUT2D eigenvalue weighted by Gasteiger charge is 2.12. The highest BCUT2D eigenvalue weighted by atomic mass is 14.8. The molecule has 0 aliphatic carbocycles. The van der Waals surface area contributed by atoms with Gasteiger partial charge < -0.3 is 0 Å². The van der Waals surface area contributed by atoms with Gasteiger partial charge in [0.2, 0.25) is 0 Å². The summed E-state index contributed by atoms with van der Waals surface area (Å²) >= 11 is 0. The molecule has 1 aromatic heterocycles. The molecular formula is C14H18N2. The maximum absolute atomic E-state index is 4.36. The number of fused-ring (bicyclic) bond motifs is 1. The van der Waals surface area contributed by atoms with Crippen molar-refractivity contribution in [2.45, 2.75) is 39.5 Å². The third-order valence-corrected chi connectivity index (χ3v) is 2.92. The zero-order chi connectivity index (χ0) is 11.7. The van der Waals surface area contributed by atoms with Crippen LogP contribution >= 0.6 is 0 Å². The van der Waals surface area contributed by atoms with Crippen LogP contribution in [0.15, 0.2) is 24.5 Å². The maximum atomic E-state index is 4.36. The Kier molecular flexibility index (Phi) is 2.90. The van der Waals surface area contributed by atoms with Crippen LogP contribution in [0.5, 0.6) is 0 Å². The lowest BCUT2D eigenvalue weighted by Gasteiger charge is -2.16. The predicted molar refractivity (Wildman–Crippen MR) is 67.7 cm³/mol. The second-order valence-corrected chi connectivity index (χ2v) is 4.84. The predicted octanol–water partition coefficient (Wildman–Crippen LogP) is 3.88. The number of hydrogen-bond donors (Lipinski definition) is 0. The molecule has 2 rings (SSSR count). The van der Waals surface area contributed by atoms with Gasteiger partial charge in [0.15, 0.2) is 0 Å². The Bertz CT molecular complexity index is 455. The summed E-state index contributed by atoms with van der Waals surface area (Å²) in [4.78, 5) is 8.72. The molecule has 0 fully saturated rings. The summed E-state index contributed by atoms with van der Waals surface area (Å²) in [5.74, 6) is 1.06. The Labute approximate surface area is 96.7 Å². The number of benzene rings is 1. The largest absolute Gasteiger partial charge is 0.253 e. The van der Waals surface area contributed by atoms with Gasteiger partial charge >= 0.3 is 0 Å². The van der Waals surface area contributed by atoms with Gasteiger partial charge in [-0.1, -0.05) is 27.7 Å². The number of rotatable bonds is 2. The topological polar surface area (TPSA) is 25.8 Å². The summed E-state index contributed by atoms with van der Waals surface area (Å²) in [6.07, 6.45) is 3.50. The molecule has 2 heteroatoms. The van der Waals surface area contributed by atoms with Crippen molar-refractivity contribution in [2.75, 3.05) is 0 Å². The molecule has 16 heavy (non-hydrogen) atoms. The molecule has 0 unspecified atom stereocenters. The minimum atomic E-state index is 0.531. The molecule has 0 bridgehead atoms. The first kappa shape index (κ1) is 11.1. The van der Waals surface area contributed by atoms with E-state index in [0.29, 0.717) is 11.8 Å². The average Bonchev–Trinajstić information content (AvgIpc) is 2.27. The lowest BCUT2D eigenvalue weighted by atomic mass is 9.90. The van der Waals surface area contributed by atoms with E-state index in [2.05, 4.69) is 49.8 Å². The third-order valence-electron chi connectivity index (χ3n) is 2.92. The summed E-state index contributed by atoms with van der Waals surface area (Å²) in [5.41, 5.74) is 4.78. The molecule has 2 aromatic rings. The van der Waals surface area contributed by atoms with E-state index in [0.717, 1.165) is 11.0 Å². The van der Waals surface area contributed by atoms with Crippen LogP contribution in [0.1, 0.15) is 50.7 Å². The van der Waals surface area contributed by atoms with Crippen molar-refractivity contribution >= 4 is 11.0 Å². The molecule has 0 N–H and O–H groups in total. The van der Waals surface area contributed by atoms with Crippen molar-refractivity contribution in [2.24, 2.45) is 0 Å². The van der Waals surface area contributed by atoms with Crippen molar-refractivity contribution in [1.29, 1.82) is 0 Å². The molecule has 0 saturated carbocycles. The number of nitrogens with zero attached hydrogens (tertiary/aromatic N) is 2. The van der Waals surface area contributed by atoms with Crippen LogP contribution in [0.3, 0.4) is 0 Å². The average molecular weight is 214 g/mol. The van der Waals surface area contributed by atoms with Crippen LogP contribution in [0.25, 0.3) is 11.0 Å². The summed E-state index contributed by atoms with van der Waals surface area (Å²) in [5, 5.41) is 0. The van der Waals surface area contributed by atoms with Gasteiger partial charge in [0, 0.05) is 12.4 Å². The first-order valence-electron chi connectivity index (χ1n) is 5.84. The second kappa shape index (κ2) is 4.20. The molecule has 1 aromatic carbocycles. The third kappa shape index (κ3) is 1.92. The van der Waals surface area contributed by atoms with Crippen molar-refractivity contribution in [3.05, 3.63) is 35.7 Å². The summed E-state index contributed by atoms with van der Waals surface area (Å²) < 4.78 is 0. The lowest BCUT2D eigenvalue weighted by Crippen LogP contribution is -2.00. The van der Waals surface area contributed by atoms with Gasteiger partial charge in [0.25, 0.3) is 0 Å². The standard InChI is InChI=1S/C14H18N2/c1-9(2)11-7-13-14(16-6-5-15-13)8-12(11)10(3)4/h5-10H,1-4H3. The van der Waals surface area contributed by atoms with Crippen LogP contribution in [0.4, 0.5) is 0 Å². The van der Waals surface area contributed by atoms with Crippen LogP contribution in [-0.2, 0) is 0 Å². The molecule has 2 nitrogen and oxygen atoms in total. The first-order valence-corrected chi connectivity index (χ1v) is 5.84. The Hall–Kier alpha value is -1.44. The fraction of sp³-hybridized carbons (Fsp3) is 0.429. The molecule has 1 heterocycles. The van der Waals surface area contributed by atoms with E-state index in [1.54, 1.807) is 12.4 Å². The van der Waals surface area contributed by atoms with Crippen LogP contribution in [-0.4, -0.2) is 9.97 Å². The highest BCUT2D eigenvalue weighted by molar-refractivity contribution is 5.76. The van der Waals surface area contributed by atoms with E-state index in [9.17, 15) is 0 Å². The van der Waals surface area contributed by atoms with Crippen molar-refractivity contribution in [3.63, 3.8) is 0 Å². The molecule has 0 saturated heterocycles. The van der Waals surface area contributed by atoms with Crippen LogP contribution in [0, 0.1) is 0 Å². The molecular weight excluding hydrogens is 196 g/mol. The number of hydrogen-bond acceptors (Lipinski definition) is 2. The van der Waals surface area contributed by atoms with Gasteiger partial charge in [-0.25, -0.2) is 0 Å². The monoisotopic (exact) mass is 214 g/mol. The van der Waals surface area contributed by atoms with Gasteiger partial charge in [-0.05, 0) is 35.1 Å². The van der Waals surface area contributed by atoms with Gasteiger partial charge in [-0.15, -0.1) is 0 Å². The number of aromatic nitrogens is 2. The van der Waals surface area contributed by atoms with Crippen molar-refractivity contribution in [1.82, 2.24) is 9.97 Å². The van der Waals surface area contributed by atoms with Gasteiger partial charge in [0.1, 0.15) is 0 Å². The van der Waals surface area contributed by atoms with Crippen molar-refractivity contribution < 1.29 is 0 Å². The SMILES string of the molecule is CC(C)c1cc2nccnc2cc1C(C)C. The normalized spacial score (nSPS) is 11.6. The van der Waals surface area contributed by atoms with Crippen molar-refractivity contribution in [3.8, 4) is 0 Å². The fourth-order valence-electron chi connectivity index (χ4n) is 2.04. The first-order chi connectivity index (χ1) is 7.59. The zero-order valence-corrected chi connectivity index (χ0v) is 10.4. The van der Waals surface area contributed by atoms with E-state index in [-0.39, 0.29) is 0 Å². The summed E-state index contributed by atoms with van der Waals surface area (Å²) in [6.45, 7) is 8.90. The smallest absolute Gasteiger partial charge is 0.0889 e. The Balaban J connectivity index is 2.71. The molecule has 0 spiro atoms. The van der Waals surface area contributed by atoms with Crippen LogP contribution < -0.4 is 0 Å². The quantitative estimate of drug-likeness (QED) is 0.758. The van der Waals surface area contributed by atoms with Gasteiger partial charge in [-0.2, -0.15) is 0 Å². The zero-order valence-electron chi connectivity index (χ0n) is 10.4. The summed E-state index contributed by atoms with van der Waals surface area (Å²) in [6, 6.07) is 4.37. The van der Waals surface area contributed by atoms with E-state index >= 15 is 0 Å². The van der Waals surface area contributed by atoms with E-state index < -0.39 is 0 Å². The molecule has 0 atom stereocenters. The molecule has 0 amide bonds. The Morgan fingerprint density at radius 1 is 0.750 bits per heavy atom.